The van der Waals surface area contributed by atoms with Crippen molar-refractivity contribution in [3.8, 4) is 33.6 Å². The monoisotopic (exact) mass is 602 g/mol. The molecule has 0 aliphatic heterocycles. The largest absolute Gasteiger partial charge is 0.465 e. The smallest absolute Gasteiger partial charge is 0.341 e. The fourth-order valence-electron chi connectivity index (χ4n) is 4.75. The summed E-state index contributed by atoms with van der Waals surface area (Å²) in [4.78, 5) is 28.0. The number of thioether (sulfide) groups is 1. The third-order valence-electron chi connectivity index (χ3n) is 6.71. The average Bonchev–Trinajstić information content (AvgIpc) is 3.66. The molecule has 3 aromatic heterocycles. The molecule has 0 spiro atoms. The zero-order valence-corrected chi connectivity index (χ0v) is 25.9. The van der Waals surface area contributed by atoms with Gasteiger partial charge in [0.05, 0.1) is 12.9 Å². The van der Waals surface area contributed by atoms with E-state index in [1.54, 1.807) is 11.3 Å². The van der Waals surface area contributed by atoms with Crippen LogP contribution in [0.1, 0.15) is 32.6 Å². The third-order valence-corrected chi connectivity index (χ3v) is 9.61. The standard InChI is InChI=1S/C31H30N4O3S3/c1-6-35-28(23-16-39-19(3)25(23)22-14-12-18(2)13-15-22)33-34-31(35)40-17-24(36)32-29-27(30(37)38-5)26(20(4)41-29)21-10-8-7-9-11-21/h7-16H,6,17H2,1-5H3,(H,32,36). The number of benzene rings is 2. The van der Waals surface area contributed by atoms with E-state index in [0.29, 0.717) is 22.3 Å². The molecule has 3 heterocycles. The normalized spacial score (nSPS) is 11.0. The number of thiophene rings is 2. The van der Waals surface area contributed by atoms with Crippen LogP contribution in [0.25, 0.3) is 33.6 Å². The van der Waals surface area contributed by atoms with Crippen molar-refractivity contribution in [1.29, 1.82) is 0 Å². The van der Waals surface area contributed by atoms with E-state index in [2.05, 4.69) is 59.0 Å². The molecule has 1 N–H and O–H groups in total. The summed E-state index contributed by atoms with van der Waals surface area (Å²) in [5.74, 6) is 0.177. The number of esters is 1. The fraction of sp³-hybridized carbons (Fsp3) is 0.226. The summed E-state index contributed by atoms with van der Waals surface area (Å²) in [7, 11) is 1.35. The Morgan fingerprint density at radius 3 is 2.34 bits per heavy atom. The van der Waals surface area contributed by atoms with Gasteiger partial charge in [0.25, 0.3) is 0 Å². The van der Waals surface area contributed by atoms with E-state index in [1.807, 2.05) is 48.7 Å². The van der Waals surface area contributed by atoms with Crippen LogP contribution in [0.3, 0.4) is 0 Å². The highest BCUT2D eigenvalue weighted by Gasteiger charge is 2.26. The number of ether oxygens (including phenoxy) is 1. The van der Waals surface area contributed by atoms with Crippen LogP contribution in [0.2, 0.25) is 0 Å². The molecule has 0 saturated carbocycles. The Labute approximate surface area is 251 Å². The molecule has 0 aliphatic rings. The van der Waals surface area contributed by atoms with Crippen molar-refractivity contribution in [3.63, 3.8) is 0 Å². The number of carbonyl (C=O) groups is 2. The Morgan fingerprint density at radius 1 is 0.951 bits per heavy atom. The van der Waals surface area contributed by atoms with Crippen LogP contribution in [-0.2, 0) is 16.1 Å². The number of aryl methyl sites for hydroxylation is 3. The molecule has 5 aromatic rings. The summed E-state index contributed by atoms with van der Waals surface area (Å²) in [6, 6.07) is 18.1. The molecule has 0 saturated heterocycles. The second-order valence-electron chi connectivity index (χ2n) is 9.43. The van der Waals surface area contributed by atoms with Crippen molar-refractivity contribution in [2.24, 2.45) is 0 Å². The first-order valence-electron chi connectivity index (χ1n) is 13.1. The Kier molecular flexibility index (Phi) is 8.72. The number of nitrogens with zero attached hydrogens (tertiary/aromatic N) is 3. The fourth-order valence-corrected chi connectivity index (χ4v) is 7.50. The van der Waals surface area contributed by atoms with Crippen molar-refractivity contribution in [2.45, 2.75) is 39.4 Å². The van der Waals surface area contributed by atoms with Gasteiger partial charge in [-0.1, -0.05) is 71.9 Å². The number of aromatic nitrogens is 3. The lowest BCUT2D eigenvalue weighted by Crippen LogP contribution is -2.16. The minimum Gasteiger partial charge on any atom is -0.465 e. The van der Waals surface area contributed by atoms with Crippen LogP contribution in [-0.4, -0.2) is 39.5 Å². The molecule has 41 heavy (non-hydrogen) atoms. The molecule has 210 valence electrons. The molecule has 0 atom stereocenters. The number of anilines is 1. The first-order chi connectivity index (χ1) is 19.8. The van der Waals surface area contributed by atoms with Crippen molar-refractivity contribution in [3.05, 3.63) is 80.9 Å². The minimum absolute atomic E-state index is 0.115. The first kappa shape index (κ1) is 28.8. The van der Waals surface area contributed by atoms with Gasteiger partial charge in [-0.2, -0.15) is 0 Å². The summed E-state index contributed by atoms with van der Waals surface area (Å²) >= 11 is 4.38. The zero-order chi connectivity index (χ0) is 29.1. The predicted octanol–water partition coefficient (Wildman–Crippen LogP) is 7.86. The Balaban J connectivity index is 1.37. The van der Waals surface area contributed by atoms with Gasteiger partial charge in [-0.15, -0.1) is 32.9 Å². The zero-order valence-electron chi connectivity index (χ0n) is 23.5. The molecular weight excluding hydrogens is 573 g/mol. The first-order valence-corrected chi connectivity index (χ1v) is 15.8. The number of rotatable bonds is 9. The molecule has 7 nitrogen and oxygen atoms in total. The maximum Gasteiger partial charge on any atom is 0.341 e. The number of hydrogen-bond acceptors (Lipinski definition) is 8. The molecule has 0 unspecified atom stereocenters. The van der Waals surface area contributed by atoms with E-state index in [1.165, 1.54) is 40.6 Å². The lowest BCUT2D eigenvalue weighted by atomic mass is 10.0. The van der Waals surface area contributed by atoms with Gasteiger partial charge in [-0.05, 0) is 38.8 Å². The van der Waals surface area contributed by atoms with Gasteiger partial charge in [0.2, 0.25) is 5.91 Å². The van der Waals surface area contributed by atoms with Crippen LogP contribution in [0.5, 0.6) is 0 Å². The van der Waals surface area contributed by atoms with E-state index in [9.17, 15) is 9.59 Å². The quantitative estimate of drug-likeness (QED) is 0.137. The van der Waals surface area contributed by atoms with Crippen LogP contribution in [0.15, 0.2) is 65.1 Å². The SMILES string of the molecule is CCn1c(SCC(=O)Nc2sc(C)c(-c3ccccc3)c2C(=O)OC)nnc1-c1csc(C)c1-c1ccc(C)cc1. The van der Waals surface area contributed by atoms with Gasteiger partial charge >= 0.3 is 5.97 Å². The van der Waals surface area contributed by atoms with E-state index >= 15 is 0 Å². The Bertz CT molecular complexity index is 1700. The highest BCUT2D eigenvalue weighted by atomic mass is 32.2. The summed E-state index contributed by atoms with van der Waals surface area (Å²) < 4.78 is 7.12. The van der Waals surface area contributed by atoms with Gasteiger partial charge in [0, 0.05) is 38.4 Å². The van der Waals surface area contributed by atoms with E-state index < -0.39 is 5.97 Å². The van der Waals surface area contributed by atoms with Crippen molar-refractivity contribution >= 4 is 51.3 Å². The molecule has 5 rings (SSSR count). The second-order valence-corrected chi connectivity index (χ2v) is 12.7. The highest BCUT2D eigenvalue weighted by Crippen LogP contribution is 2.41. The maximum atomic E-state index is 13.1. The Morgan fingerprint density at radius 2 is 1.66 bits per heavy atom. The van der Waals surface area contributed by atoms with Crippen LogP contribution in [0, 0.1) is 20.8 Å². The lowest BCUT2D eigenvalue weighted by molar-refractivity contribution is -0.113. The number of nitrogens with one attached hydrogen (secondary N) is 1. The number of hydrogen-bond donors (Lipinski definition) is 1. The summed E-state index contributed by atoms with van der Waals surface area (Å²) in [5, 5.41) is 15.2. The van der Waals surface area contributed by atoms with Crippen molar-refractivity contribution in [2.75, 3.05) is 18.2 Å². The molecule has 2 aromatic carbocycles. The minimum atomic E-state index is -0.484. The summed E-state index contributed by atoms with van der Waals surface area (Å²) in [6.45, 7) is 8.84. The van der Waals surface area contributed by atoms with E-state index in [4.69, 9.17) is 4.74 Å². The van der Waals surface area contributed by atoms with Gasteiger partial charge in [-0.3, -0.25) is 4.79 Å². The van der Waals surface area contributed by atoms with Crippen LogP contribution < -0.4 is 5.32 Å². The summed E-state index contributed by atoms with van der Waals surface area (Å²) in [6.07, 6.45) is 0. The van der Waals surface area contributed by atoms with Gasteiger partial charge in [0.1, 0.15) is 10.6 Å². The van der Waals surface area contributed by atoms with Crippen molar-refractivity contribution in [1.82, 2.24) is 14.8 Å². The lowest BCUT2D eigenvalue weighted by Gasteiger charge is -2.10. The van der Waals surface area contributed by atoms with Gasteiger partial charge in [0.15, 0.2) is 11.0 Å². The van der Waals surface area contributed by atoms with Crippen LogP contribution in [0.4, 0.5) is 5.00 Å². The molecule has 0 fully saturated rings. The molecule has 0 bridgehead atoms. The summed E-state index contributed by atoms with van der Waals surface area (Å²) in [5.41, 5.74) is 6.59. The number of methoxy groups -OCH3 is 1. The van der Waals surface area contributed by atoms with Crippen molar-refractivity contribution < 1.29 is 14.3 Å². The highest BCUT2D eigenvalue weighted by molar-refractivity contribution is 7.99. The third kappa shape index (κ3) is 5.86. The van der Waals surface area contributed by atoms with Crippen LogP contribution >= 0.6 is 34.4 Å². The number of carbonyl (C=O) groups excluding carboxylic acids is 2. The predicted molar refractivity (Wildman–Crippen MR) is 169 cm³/mol. The molecule has 1 amide bonds. The maximum absolute atomic E-state index is 13.1. The average molecular weight is 603 g/mol. The van der Waals surface area contributed by atoms with E-state index in [-0.39, 0.29) is 11.7 Å². The molecule has 10 heteroatoms. The van der Waals surface area contributed by atoms with Gasteiger partial charge in [-0.25, -0.2) is 4.79 Å². The molecular formula is C31H30N4O3S3. The topological polar surface area (TPSA) is 86.1 Å². The van der Waals surface area contributed by atoms with E-state index in [0.717, 1.165) is 38.5 Å². The number of amides is 1. The Hall–Kier alpha value is -3.73. The second kappa shape index (κ2) is 12.4. The van der Waals surface area contributed by atoms with Gasteiger partial charge < -0.3 is 14.6 Å². The molecule has 0 radical (unpaired) electrons. The molecule has 0 aliphatic carbocycles.